The van der Waals surface area contributed by atoms with Crippen LogP contribution in [0.25, 0.3) is 16.9 Å². The smallest absolute Gasteiger partial charge is 0.137 e. The first-order chi connectivity index (χ1) is 10.6. The van der Waals surface area contributed by atoms with Gasteiger partial charge >= 0.3 is 0 Å². The summed E-state index contributed by atoms with van der Waals surface area (Å²) < 4.78 is 2.03. The normalized spacial score (nSPS) is 12.3. The summed E-state index contributed by atoms with van der Waals surface area (Å²) in [7, 11) is 0. The van der Waals surface area contributed by atoms with Crippen LogP contribution in [0.5, 0.6) is 0 Å². The fourth-order valence-corrected chi connectivity index (χ4v) is 2.75. The standard InChI is InChI=1S/C19H19N3/c1-4-15-5-7-16(8-6-15)18-19(14(3)12-20)22-10-9-13(2)11-17(22)21-18/h5-11,14H,4H2,1-3H3. The Hall–Kier alpha value is -2.60. The molecule has 0 aliphatic carbocycles. The molecule has 3 nitrogen and oxygen atoms in total. The minimum Gasteiger partial charge on any atom is -0.302 e. The van der Waals surface area contributed by atoms with Crippen LogP contribution in [0.15, 0.2) is 42.6 Å². The summed E-state index contributed by atoms with van der Waals surface area (Å²) >= 11 is 0. The molecule has 0 saturated carbocycles. The minimum absolute atomic E-state index is 0.210. The van der Waals surface area contributed by atoms with E-state index in [1.165, 1.54) is 11.1 Å². The van der Waals surface area contributed by atoms with E-state index in [0.717, 1.165) is 29.0 Å². The van der Waals surface area contributed by atoms with Crippen LogP contribution in [-0.2, 0) is 6.42 Å². The molecule has 0 fully saturated rings. The SMILES string of the molecule is CCc1ccc(-c2nc3cc(C)ccn3c2C(C)C#N)cc1. The van der Waals surface area contributed by atoms with Gasteiger partial charge in [0.15, 0.2) is 0 Å². The fraction of sp³-hybridized carbons (Fsp3) is 0.263. The molecular formula is C19H19N3. The number of fused-ring (bicyclic) bond motifs is 1. The van der Waals surface area contributed by atoms with Gasteiger partial charge in [-0.15, -0.1) is 0 Å². The van der Waals surface area contributed by atoms with E-state index in [9.17, 15) is 5.26 Å². The number of nitriles is 1. The van der Waals surface area contributed by atoms with Crippen LogP contribution in [0.4, 0.5) is 0 Å². The minimum atomic E-state index is -0.210. The Morgan fingerprint density at radius 3 is 2.59 bits per heavy atom. The summed E-state index contributed by atoms with van der Waals surface area (Å²) in [5.74, 6) is -0.210. The number of benzene rings is 1. The van der Waals surface area contributed by atoms with Crippen LogP contribution in [0.3, 0.4) is 0 Å². The van der Waals surface area contributed by atoms with E-state index in [1.807, 2.05) is 23.6 Å². The lowest BCUT2D eigenvalue weighted by molar-refractivity contribution is 0.899. The molecule has 0 N–H and O–H groups in total. The Morgan fingerprint density at radius 1 is 1.23 bits per heavy atom. The second-order valence-electron chi connectivity index (χ2n) is 5.68. The summed E-state index contributed by atoms with van der Waals surface area (Å²) in [5.41, 5.74) is 6.30. The molecule has 2 aromatic heterocycles. The highest BCUT2D eigenvalue weighted by Gasteiger charge is 2.19. The molecule has 1 aromatic carbocycles. The molecular weight excluding hydrogens is 270 g/mol. The summed E-state index contributed by atoms with van der Waals surface area (Å²) in [4.78, 5) is 4.78. The maximum absolute atomic E-state index is 9.38. The van der Waals surface area contributed by atoms with Crippen LogP contribution >= 0.6 is 0 Å². The molecule has 3 aromatic rings. The lowest BCUT2D eigenvalue weighted by Crippen LogP contribution is -1.98. The molecule has 1 unspecified atom stereocenters. The van der Waals surface area contributed by atoms with Crippen LogP contribution in [0.1, 0.15) is 36.6 Å². The molecule has 22 heavy (non-hydrogen) atoms. The highest BCUT2D eigenvalue weighted by Crippen LogP contribution is 2.30. The molecule has 0 aliphatic rings. The molecule has 0 aliphatic heterocycles. The second kappa shape index (κ2) is 5.65. The first-order valence-electron chi connectivity index (χ1n) is 7.61. The highest BCUT2D eigenvalue weighted by molar-refractivity contribution is 5.68. The van der Waals surface area contributed by atoms with Crippen molar-refractivity contribution >= 4 is 5.65 Å². The average Bonchev–Trinajstić information content (AvgIpc) is 2.92. The van der Waals surface area contributed by atoms with Crippen molar-refractivity contribution in [1.82, 2.24) is 9.38 Å². The van der Waals surface area contributed by atoms with Crippen molar-refractivity contribution in [1.29, 1.82) is 5.26 Å². The lowest BCUT2D eigenvalue weighted by atomic mass is 10.0. The maximum Gasteiger partial charge on any atom is 0.137 e. The van der Waals surface area contributed by atoms with Crippen LogP contribution < -0.4 is 0 Å². The van der Waals surface area contributed by atoms with E-state index < -0.39 is 0 Å². The molecule has 0 bridgehead atoms. The van der Waals surface area contributed by atoms with Gasteiger partial charge in [-0.2, -0.15) is 5.26 Å². The van der Waals surface area contributed by atoms with Gasteiger partial charge < -0.3 is 4.40 Å². The zero-order chi connectivity index (χ0) is 15.7. The van der Waals surface area contributed by atoms with Gasteiger partial charge in [0.05, 0.1) is 23.4 Å². The van der Waals surface area contributed by atoms with Gasteiger partial charge in [0.1, 0.15) is 5.65 Å². The van der Waals surface area contributed by atoms with Gasteiger partial charge in [0, 0.05) is 11.8 Å². The predicted octanol–water partition coefficient (Wildman–Crippen LogP) is 4.50. The van der Waals surface area contributed by atoms with Crippen molar-refractivity contribution in [2.24, 2.45) is 0 Å². The van der Waals surface area contributed by atoms with Crippen molar-refractivity contribution in [3.8, 4) is 17.3 Å². The Kier molecular flexibility index (Phi) is 3.68. The molecule has 3 heteroatoms. The number of hydrogen-bond acceptors (Lipinski definition) is 2. The fourth-order valence-electron chi connectivity index (χ4n) is 2.75. The largest absolute Gasteiger partial charge is 0.302 e. The third-order valence-corrected chi connectivity index (χ3v) is 4.06. The number of aromatic nitrogens is 2. The second-order valence-corrected chi connectivity index (χ2v) is 5.68. The van der Waals surface area contributed by atoms with E-state index in [0.29, 0.717) is 0 Å². The Balaban J connectivity index is 2.25. The molecule has 110 valence electrons. The van der Waals surface area contributed by atoms with E-state index in [-0.39, 0.29) is 5.92 Å². The van der Waals surface area contributed by atoms with Gasteiger partial charge in [-0.05, 0) is 43.5 Å². The number of hydrogen-bond donors (Lipinski definition) is 0. The molecule has 0 amide bonds. The van der Waals surface area contributed by atoms with Gasteiger partial charge in [-0.25, -0.2) is 4.98 Å². The number of nitrogens with zero attached hydrogens (tertiary/aromatic N) is 3. The third-order valence-electron chi connectivity index (χ3n) is 4.06. The summed E-state index contributed by atoms with van der Waals surface area (Å²) in [6, 6.07) is 14.9. The van der Waals surface area contributed by atoms with Gasteiger partial charge in [-0.1, -0.05) is 31.2 Å². The first kappa shape index (κ1) is 14.3. The Morgan fingerprint density at radius 2 is 1.95 bits per heavy atom. The zero-order valence-electron chi connectivity index (χ0n) is 13.2. The molecule has 0 radical (unpaired) electrons. The monoisotopic (exact) mass is 289 g/mol. The molecule has 0 spiro atoms. The summed E-state index contributed by atoms with van der Waals surface area (Å²) in [6.45, 7) is 6.12. The van der Waals surface area contributed by atoms with Crippen molar-refractivity contribution < 1.29 is 0 Å². The van der Waals surface area contributed by atoms with Gasteiger partial charge in [0.2, 0.25) is 0 Å². The van der Waals surface area contributed by atoms with Crippen molar-refractivity contribution in [2.75, 3.05) is 0 Å². The van der Waals surface area contributed by atoms with Crippen LogP contribution in [0, 0.1) is 18.3 Å². The number of pyridine rings is 1. The number of rotatable bonds is 3. The van der Waals surface area contributed by atoms with Crippen molar-refractivity contribution in [3.05, 3.63) is 59.4 Å². The first-order valence-corrected chi connectivity index (χ1v) is 7.61. The van der Waals surface area contributed by atoms with Crippen molar-refractivity contribution in [2.45, 2.75) is 33.1 Å². The quantitative estimate of drug-likeness (QED) is 0.712. The summed E-state index contributed by atoms with van der Waals surface area (Å²) in [5, 5.41) is 9.38. The Labute approximate surface area is 130 Å². The molecule has 1 atom stereocenters. The number of aryl methyl sites for hydroxylation is 2. The summed E-state index contributed by atoms with van der Waals surface area (Å²) in [6.07, 6.45) is 3.02. The zero-order valence-corrected chi connectivity index (χ0v) is 13.2. The molecule has 3 rings (SSSR count). The van der Waals surface area contributed by atoms with E-state index >= 15 is 0 Å². The molecule has 2 heterocycles. The number of imidazole rings is 1. The average molecular weight is 289 g/mol. The topological polar surface area (TPSA) is 41.1 Å². The third kappa shape index (κ3) is 2.37. The highest BCUT2D eigenvalue weighted by atomic mass is 15.0. The van der Waals surface area contributed by atoms with E-state index in [4.69, 9.17) is 4.98 Å². The predicted molar refractivity (Wildman–Crippen MR) is 88.8 cm³/mol. The van der Waals surface area contributed by atoms with Crippen molar-refractivity contribution in [3.63, 3.8) is 0 Å². The lowest BCUT2D eigenvalue weighted by Gasteiger charge is -2.07. The van der Waals surface area contributed by atoms with E-state index in [1.54, 1.807) is 0 Å². The Bertz CT molecular complexity index is 851. The van der Waals surface area contributed by atoms with Gasteiger partial charge in [0.25, 0.3) is 0 Å². The maximum atomic E-state index is 9.38. The van der Waals surface area contributed by atoms with Crippen LogP contribution in [0.2, 0.25) is 0 Å². The van der Waals surface area contributed by atoms with Crippen LogP contribution in [-0.4, -0.2) is 9.38 Å². The molecule has 0 saturated heterocycles. The van der Waals surface area contributed by atoms with Gasteiger partial charge in [-0.3, -0.25) is 0 Å². The van der Waals surface area contributed by atoms with E-state index in [2.05, 4.69) is 50.2 Å².